The molecule has 1 aromatic carbocycles. The lowest BCUT2D eigenvalue weighted by Gasteiger charge is -2.00. The molecule has 0 aliphatic heterocycles. The smallest absolute Gasteiger partial charge is 0.345 e. The SMILES string of the molecule is O=c1oc2ccc(Br)cc2cc1-c1cn2cc(Cl)ccc2n1. The zero-order valence-corrected chi connectivity index (χ0v) is 13.4. The molecule has 0 radical (unpaired) electrons. The lowest BCUT2D eigenvalue weighted by Crippen LogP contribution is -2.02. The third-order valence-corrected chi connectivity index (χ3v) is 4.10. The molecule has 6 heteroatoms. The van der Waals surface area contributed by atoms with Gasteiger partial charge in [0, 0.05) is 22.3 Å². The number of hydrogen-bond acceptors (Lipinski definition) is 3. The van der Waals surface area contributed by atoms with Gasteiger partial charge in [-0.1, -0.05) is 27.5 Å². The topological polar surface area (TPSA) is 47.5 Å². The fraction of sp³-hybridized carbons (Fsp3) is 0. The Kier molecular flexibility index (Phi) is 3.06. The summed E-state index contributed by atoms with van der Waals surface area (Å²) in [6.45, 7) is 0. The van der Waals surface area contributed by atoms with Gasteiger partial charge in [0.2, 0.25) is 0 Å². The number of aromatic nitrogens is 2. The van der Waals surface area contributed by atoms with Gasteiger partial charge in [-0.3, -0.25) is 0 Å². The van der Waals surface area contributed by atoms with Gasteiger partial charge < -0.3 is 8.82 Å². The molecule has 4 nitrogen and oxygen atoms in total. The first kappa shape index (κ1) is 13.5. The highest BCUT2D eigenvalue weighted by atomic mass is 79.9. The van der Waals surface area contributed by atoms with Gasteiger partial charge in [0.05, 0.1) is 16.3 Å². The van der Waals surface area contributed by atoms with Crippen LogP contribution in [-0.2, 0) is 0 Å². The number of nitrogens with zero attached hydrogens (tertiary/aromatic N) is 2. The lowest BCUT2D eigenvalue weighted by molar-refractivity contribution is 0.563. The first-order chi connectivity index (χ1) is 10.6. The quantitative estimate of drug-likeness (QED) is 0.459. The Hall–Kier alpha value is -2.11. The summed E-state index contributed by atoms with van der Waals surface area (Å²) >= 11 is 9.38. The van der Waals surface area contributed by atoms with Gasteiger partial charge in [-0.05, 0) is 36.4 Å². The second-order valence-electron chi connectivity index (χ2n) is 4.87. The molecule has 0 unspecified atom stereocenters. The van der Waals surface area contributed by atoms with Crippen LogP contribution < -0.4 is 5.63 Å². The second kappa shape index (κ2) is 4.97. The number of rotatable bonds is 1. The minimum absolute atomic E-state index is 0.413. The molecule has 108 valence electrons. The molecule has 0 fully saturated rings. The van der Waals surface area contributed by atoms with E-state index in [0.29, 0.717) is 27.5 Å². The standard InChI is InChI=1S/C16H8BrClN2O2/c17-10-1-3-14-9(5-10)6-12(16(21)22-14)13-8-20-7-11(18)2-4-15(20)19-13/h1-8H. The number of halogens is 2. The third-order valence-electron chi connectivity index (χ3n) is 3.39. The van der Waals surface area contributed by atoms with E-state index in [1.54, 1.807) is 41.1 Å². The van der Waals surface area contributed by atoms with E-state index in [1.165, 1.54) is 0 Å². The predicted octanol–water partition coefficient (Wildman–Crippen LogP) is 4.52. The summed E-state index contributed by atoms with van der Waals surface area (Å²) in [7, 11) is 0. The average Bonchev–Trinajstić information content (AvgIpc) is 2.89. The van der Waals surface area contributed by atoms with Crippen LogP contribution >= 0.6 is 27.5 Å². The van der Waals surface area contributed by atoms with Crippen molar-refractivity contribution in [2.75, 3.05) is 0 Å². The molecular formula is C16H8BrClN2O2. The average molecular weight is 376 g/mol. The zero-order valence-electron chi connectivity index (χ0n) is 11.1. The predicted molar refractivity (Wildman–Crippen MR) is 89.4 cm³/mol. The first-order valence-corrected chi connectivity index (χ1v) is 7.65. The highest BCUT2D eigenvalue weighted by molar-refractivity contribution is 9.10. The fourth-order valence-corrected chi connectivity index (χ4v) is 2.91. The van der Waals surface area contributed by atoms with Gasteiger partial charge in [-0.25, -0.2) is 9.78 Å². The monoisotopic (exact) mass is 374 g/mol. The van der Waals surface area contributed by atoms with Crippen LogP contribution in [0.5, 0.6) is 0 Å². The highest BCUT2D eigenvalue weighted by Crippen LogP contribution is 2.24. The molecule has 0 N–H and O–H groups in total. The number of hydrogen-bond donors (Lipinski definition) is 0. The van der Waals surface area contributed by atoms with Crippen molar-refractivity contribution in [1.82, 2.24) is 9.38 Å². The molecule has 22 heavy (non-hydrogen) atoms. The van der Waals surface area contributed by atoms with Gasteiger partial charge in [0.25, 0.3) is 0 Å². The number of fused-ring (bicyclic) bond motifs is 2. The number of imidazole rings is 1. The summed E-state index contributed by atoms with van der Waals surface area (Å²) in [5.74, 6) is 0. The molecule has 0 atom stereocenters. The van der Waals surface area contributed by atoms with Crippen LogP contribution in [0.25, 0.3) is 27.9 Å². The maximum absolute atomic E-state index is 12.2. The summed E-state index contributed by atoms with van der Waals surface area (Å²) < 4.78 is 8.07. The molecule has 3 aromatic heterocycles. The molecule has 0 spiro atoms. The van der Waals surface area contributed by atoms with E-state index in [9.17, 15) is 4.79 Å². The molecule has 4 rings (SSSR count). The minimum Gasteiger partial charge on any atom is -0.422 e. The summed E-state index contributed by atoms with van der Waals surface area (Å²) in [6.07, 6.45) is 3.50. The van der Waals surface area contributed by atoms with Crippen molar-refractivity contribution in [1.29, 1.82) is 0 Å². The van der Waals surface area contributed by atoms with Gasteiger partial charge in [0.1, 0.15) is 11.2 Å². The van der Waals surface area contributed by atoms with Crippen LogP contribution in [0.1, 0.15) is 0 Å². The van der Waals surface area contributed by atoms with E-state index < -0.39 is 5.63 Å². The van der Waals surface area contributed by atoms with Crippen molar-refractivity contribution in [3.63, 3.8) is 0 Å². The maximum Gasteiger partial charge on any atom is 0.345 e. The summed E-state index contributed by atoms with van der Waals surface area (Å²) in [5, 5.41) is 1.44. The normalized spacial score (nSPS) is 11.4. The van der Waals surface area contributed by atoms with Gasteiger partial charge >= 0.3 is 5.63 Å². The van der Waals surface area contributed by atoms with E-state index >= 15 is 0 Å². The van der Waals surface area contributed by atoms with E-state index in [1.807, 2.05) is 12.1 Å². The Morgan fingerprint density at radius 3 is 2.86 bits per heavy atom. The highest BCUT2D eigenvalue weighted by Gasteiger charge is 2.12. The Morgan fingerprint density at radius 1 is 1.14 bits per heavy atom. The molecule has 3 heterocycles. The molecule has 0 saturated heterocycles. The van der Waals surface area contributed by atoms with Gasteiger partial charge in [-0.15, -0.1) is 0 Å². The summed E-state index contributed by atoms with van der Waals surface area (Å²) in [6, 6.07) is 10.8. The van der Waals surface area contributed by atoms with Crippen LogP contribution in [0.2, 0.25) is 5.02 Å². The van der Waals surface area contributed by atoms with Crippen molar-refractivity contribution in [3.05, 3.63) is 68.7 Å². The number of benzene rings is 1. The van der Waals surface area contributed by atoms with E-state index in [0.717, 1.165) is 9.86 Å². The van der Waals surface area contributed by atoms with Crippen molar-refractivity contribution in [2.45, 2.75) is 0 Å². The number of pyridine rings is 1. The van der Waals surface area contributed by atoms with Gasteiger partial charge in [-0.2, -0.15) is 0 Å². The van der Waals surface area contributed by atoms with Crippen molar-refractivity contribution in [2.24, 2.45) is 0 Å². The first-order valence-electron chi connectivity index (χ1n) is 6.48. The third kappa shape index (κ3) is 2.23. The van der Waals surface area contributed by atoms with Gasteiger partial charge in [0.15, 0.2) is 0 Å². The van der Waals surface area contributed by atoms with Crippen LogP contribution in [0.4, 0.5) is 0 Å². The Morgan fingerprint density at radius 2 is 2.00 bits per heavy atom. The molecule has 0 saturated carbocycles. The van der Waals surface area contributed by atoms with E-state index in [4.69, 9.17) is 16.0 Å². The molecule has 0 bridgehead atoms. The Bertz CT molecular complexity index is 1080. The fourth-order valence-electron chi connectivity index (χ4n) is 2.37. The molecular weight excluding hydrogens is 368 g/mol. The second-order valence-corrected chi connectivity index (χ2v) is 6.22. The van der Waals surface area contributed by atoms with Crippen molar-refractivity contribution < 1.29 is 4.42 Å². The zero-order chi connectivity index (χ0) is 15.3. The van der Waals surface area contributed by atoms with Crippen LogP contribution in [0, 0.1) is 0 Å². The van der Waals surface area contributed by atoms with Crippen LogP contribution in [0.15, 0.2) is 62.5 Å². The summed E-state index contributed by atoms with van der Waals surface area (Å²) in [4.78, 5) is 16.7. The molecule has 0 aliphatic carbocycles. The lowest BCUT2D eigenvalue weighted by atomic mass is 10.1. The van der Waals surface area contributed by atoms with Crippen molar-refractivity contribution in [3.8, 4) is 11.3 Å². The Balaban J connectivity index is 1.98. The van der Waals surface area contributed by atoms with Crippen LogP contribution in [0.3, 0.4) is 0 Å². The molecule has 0 aliphatic rings. The maximum atomic E-state index is 12.2. The molecule has 0 amide bonds. The Labute approximate surface area is 138 Å². The molecule has 4 aromatic rings. The minimum atomic E-state index is -0.413. The largest absolute Gasteiger partial charge is 0.422 e. The van der Waals surface area contributed by atoms with E-state index in [-0.39, 0.29) is 0 Å². The summed E-state index contributed by atoms with van der Waals surface area (Å²) in [5.41, 5.74) is 1.82. The van der Waals surface area contributed by atoms with Crippen LogP contribution in [-0.4, -0.2) is 9.38 Å². The van der Waals surface area contributed by atoms with E-state index in [2.05, 4.69) is 20.9 Å². The van der Waals surface area contributed by atoms with Crippen molar-refractivity contribution >= 4 is 44.1 Å².